The number of carbonyl (C=O) groups is 2. The van der Waals surface area contributed by atoms with Crippen LogP contribution in [0, 0.1) is 0 Å². The number of aliphatic carboxylic acids is 1. The van der Waals surface area contributed by atoms with Crippen molar-refractivity contribution < 1.29 is 14.7 Å². The second-order valence-electron chi connectivity index (χ2n) is 4.95. The summed E-state index contributed by atoms with van der Waals surface area (Å²) < 4.78 is 1.73. The van der Waals surface area contributed by atoms with Crippen LogP contribution in [-0.2, 0) is 16.1 Å². The maximum atomic E-state index is 12.0. The van der Waals surface area contributed by atoms with E-state index in [-0.39, 0.29) is 12.5 Å². The maximum Gasteiger partial charge on any atom is 0.320 e. The van der Waals surface area contributed by atoms with Crippen molar-refractivity contribution in [1.29, 1.82) is 0 Å². The largest absolute Gasteiger partial charge is 0.480 e. The van der Waals surface area contributed by atoms with Gasteiger partial charge in [0, 0.05) is 12.6 Å². The second kappa shape index (κ2) is 6.51. The molecule has 1 atom stereocenters. The Labute approximate surface area is 117 Å². The molecule has 2 N–H and O–H groups in total. The number of hydrogen-bond acceptors (Lipinski definition) is 4. The molecule has 1 aromatic rings. The van der Waals surface area contributed by atoms with E-state index in [9.17, 15) is 9.59 Å². The van der Waals surface area contributed by atoms with Crippen LogP contribution >= 0.6 is 0 Å². The normalized spacial score (nSPS) is 19.1. The molecule has 0 saturated carbocycles. The summed E-state index contributed by atoms with van der Waals surface area (Å²) in [4.78, 5) is 24.8. The maximum absolute atomic E-state index is 12.0. The van der Waals surface area contributed by atoms with Gasteiger partial charge in [-0.2, -0.15) is 5.10 Å². The number of hydrogen-bond donors (Lipinski definition) is 2. The van der Waals surface area contributed by atoms with E-state index >= 15 is 0 Å². The lowest BCUT2D eigenvalue weighted by molar-refractivity contribution is -0.142. The van der Waals surface area contributed by atoms with Crippen molar-refractivity contribution in [2.75, 3.05) is 18.4 Å². The van der Waals surface area contributed by atoms with Gasteiger partial charge in [0.1, 0.15) is 11.9 Å². The number of carboxylic acid groups (broad SMARTS) is 1. The second-order valence-corrected chi connectivity index (χ2v) is 4.95. The molecule has 1 aliphatic rings. The molecule has 7 heteroatoms. The Bertz CT molecular complexity index is 486. The number of nitrogens with one attached hydrogen (secondary N) is 1. The molecule has 7 nitrogen and oxygen atoms in total. The molecule has 1 unspecified atom stereocenters. The highest BCUT2D eigenvalue weighted by Gasteiger charge is 2.31. The Morgan fingerprint density at radius 1 is 1.55 bits per heavy atom. The fourth-order valence-corrected chi connectivity index (χ4v) is 2.49. The lowest BCUT2D eigenvalue weighted by atomic mass is 10.2. The molecule has 1 aliphatic heterocycles. The topological polar surface area (TPSA) is 87.5 Å². The number of carboxylic acids is 1. The Morgan fingerprint density at radius 2 is 2.35 bits per heavy atom. The molecule has 0 aromatic carbocycles. The van der Waals surface area contributed by atoms with Crippen molar-refractivity contribution in [3.05, 3.63) is 12.3 Å². The summed E-state index contributed by atoms with van der Waals surface area (Å²) >= 11 is 0. The molecule has 0 bridgehead atoms. The van der Waals surface area contributed by atoms with E-state index in [2.05, 4.69) is 10.4 Å². The molecule has 0 spiro atoms. The molecular formula is C13H20N4O3. The van der Waals surface area contributed by atoms with Crippen LogP contribution in [0.4, 0.5) is 5.82 Å². The Balaban J connectivity index is 1.92. The third-order valence-electron chi connectivity index (χ3n) is 3.41. The number of aromatic nitrogens is 2. The SMILES string of the molecule is CCCn1nccc1NC(=O)CN1CCCC1C(=O)O. The Kier molecular flexibility index (Phi) is 4.73. The Hall–Kier alpha value is -1.89. The first-order valence-corrected chi connectivity index (χ1v) is 6.90. The van der Waals surface area contributed by atoms with Crippen molar-refractivity contribution >= 4 is 17.7 Å². The van der Waals surface area contributed by atoms with Crippen LogP contribution in [0.15, 0.2) is 12.3 Å². The number of aryl methyl sites for hydroxylation is 1. The number of nitrogens with zero attached hydrogens (tertiary/aromatic N) is 3. The monoisotopic (exact) mass is 280 g/mol. The van der Waals surface area contributed by atoms with Crippen molar-refractivity contribution in [3.63, 3.8) is 0 Å². The molecule has 1 aromatic heterocycles. The van der Waals surface area contributed by atoms with E-state index in [0.717, 1.165) is 19.4 Å². The minimum atomic E-state index is -0.855. The molecular weight excluding hydrogens is 260 g/mol. The van der Waals surface area contributed by atoms with E-state index in [1.54, 1.807) is 21.8 Å². The minimum Gasteiger partial charge on any atom is -0.480 e. The van der Waals surface area contributed by atoms with E-state index in [4.69, 9.17) is 5.11 Å². The first-order valence-electron chi connectivity index (χ1n) is 6.90. The first kappa shape index (κ1) is 14.5. The molecule has 110 valence electrons. The highest BCUT2D eigenvalue weighted by molar-refractivity contribution is 5.91. The van der Waals surface area contributed by atoms with Crippen LogP contribution in [0.3, 0.4) is 0 Å². The van der Waals surface area contributed by atoms with Gasteiger partial charge < -0.3 is 10.4 Å². The molecule has 2 rings (SSSR count). The van der Waals surface area contributed by atoms with Gasteiger partial charge in [-0.1, -0.05) is 6.92 Å². The van der Waals surface area contributed by atoms with Gasteiger partial charge in [0.2, 0.25) is 5.91 Å². The molecule has 20 heavy (non-hydrogen) atoms. The highest BCUT2D eigenvalue weighted by atomic mass is 16.4. The number of likely N-dealkylation sites (tertiary alicyclic amines) is 1. The summed E-state index contributed by atoms with van der Waals surface area (Å²) in [5.41, 5.74) is 0. The van der Waals surface area contributed by atoms with E-state index in [0.29, 0.717) is 18.8 Å². The fourth-order valence-electron chi connectivity index (χ4n) is 2.49. The van der Waals surface area contributed by atoms with Gasteiger partial charge in [-0.15, -0.1) is 0 Å². The molecule has 0 aliphatic carbocycles. The average molecular weight is 280 g/mol. The lowest BCUT2D eigenvalue weighted by Crippen LogP contribution is -2.41. The van der Waals surface area contributed by atoms with Gasteiger partial charge >= 0.3 is 5.97 Å². The third-order valence-corrected chi connectivity index (χ3v) is 3.41. The van der Waals surface area contributed by atoms with E-state index in [1.807, 2.05) is 6.92 Å². The fraction of sp³-hybridized carbons (Fsp3) is 0.615. The number of anilines is 1. The number of carbonyl (C=O) groups excluding carboxylic acids is 1. The van der Waals surface area contributed by atoms with Crippen molar-refractivity contribution in [3.8, 4) is 0 Å². The molecule has 1 amide bonds. The summed E-state index contributed by atoms with van der Waals surface area (Å²) in [6.45, 7) is 3.53. The Morgan fingerprint density at radius 3 is 3.05 bits per heavy atom. The van der Waals surface area contributed by atoms with Crippen LogP contribution in [0.25, 0.3) is 0 Å². The van der Waals surface area contributed by atoms with E-state index in [1.165, 1.54) is 0 Å². The molecule has 1 saturated heterocycles. The lowest BCUT2D eigenvalue weighted by Gasteiger charge is -2.20. The summed E-state index contributed by atoms with van der Waals surface area (Å²) in [6.07, 6.45) is 3.99. The molecule has 0 radical (unpaired) electrons. The molecule has 1 fully saturated rings. The summed E-state index contributed by atoms with van der Waals surface area (Å²) in [5.74, 6) is -0.398. The quantitative estimate of drug-likeness (QED) is 0.804. The zero-order chi connectivity index (χ0) is 14.5. The summed E-state index contributed by atoms with van der Waals surface area (Å²) in [5, 5.41) is 16.0. The van der Waals surface area contributed by atoms with Gasteiger partial charge in [0.15, 0.2) is 0 Å². The minimum absolute atomic E-state index is 0.105. The number of amides is 1. The molecule has 2 heterocycles. The highest BCUT2D eigenvalue weighted by Crippen LogP contribution is 2.17. The van der Waals surface area contributed by atoms with E-state index < -0.39 is 12.0 Å². The van der Waals surface area contributed by atoms with Crippen LogP contribution in [0.2, 0.25) is 0 Å². The smallest absolute Gasteiger partial charge is 0.320 e. The summed E-state index contributed by atoms with van der Waals surface area (Å²) in [7, 11) is 0. The van der Waals surface area contributed by atoms with Gasteiger partial charge in [-0.25, -0.2) is 4.68 Å². The van der Waals surface area contributed by atoms with Crippen LogP contribution in [0.1, 0.15) is 26.2 Å². The van der Waals surface area contributed by atoms with Crippen molar-refractivity contribution in [2.24, 2.45) is 0 Å². The van der Waals surface area contributed by atoms with Crippen LogP contribution < -0.4 is 5.32 Å². The standard InChI is InChI=1S/C13H20N4O3/c1-2-7-17-11(5-6-14-17)15-12(18)9-16-8-3-4-10(16)13(19)20/h5-6,10H,2-4,7-9H2,1H3,(H,15,18)(H,19,20). The van der Waals surface area contributed by atoms with Crippen LogP contribution in [0.5, 0.6) is 0 Å². The van der Waals surface area contributed by atoms with Gasteiger partial charge in [-0.3, -0.25) is 14.5 Å². The van der Waals surface area contributed by atoms with Crippen molar-refractivity contribution in [2.45, 2.75) is 38.8 Å². The average Bonchev–Trinajstić information content (AvgIpc) is 3.00. The first-order chi connectivity index (χ1) is 9.61. The van der Waals surface area contributed by atoms with Gasteiger partial charge in [0.05, 0.1) is 12.7 Å². The third kappa shape index (κ3) is 3.36. The predicted molar refractivity (Wildman–Crippen MR) is 73.4 cm³/mol. The zero-order valence-corrected chi connectivity index (χ0v) is 11.6. The summed E-state index contributed by atoms with van der Waals surface area (Å²) in [6, 6.07) is 1.20. The van der Waals surface area contributed by atoms with Crippen molar-refractivity contribution in [1.82, 2.24) is 14.7 Å². The van der Waals surface area contributed by atoms with Crippen LogP contribution in [-0.4, -0.2) is 50.8 Å². The van der Waals surface area contributed by atoms with Gasteiger partial charge in [-0.05, 0) is 25.8 Å². The predicted octanol–water partition coefficient (Wildman–Crippen LogP) is 0.781. The zero-order valence-electron chi connectivity index (χ0n) is 11.6. The number of rotatable bonds is 6. The van der Waals surface area contributed by atoms with Gasteiger partial charge in [0.25, 0.3) is 0 Å².